The van der Waals surface area contributed by atoms with Gasteiger partial charge in [0.05, 0.1) is 12.2 Å². The lowest BCUT2D eigenvalue weighted by Gasteiger charge is -2.39. The summed E-state index contributed by atoms with van der Waals surface area (Å²) < 4.78 is 0. The van der Waals surface area contributed by atoms with Gasteiger partial charge in [-0.3, -0.25) is 29.6 Å². The average molecular weight is 623 g/mol. The standard InChI is InChI=1S/C35H42N8O3/c1-23-2-9-30(39-31(23)21-43(22-44)32-10-11-33(45)40-34(32)46)27-19-41(20-27)18-24-3-7-29(8-4-24)42-14-12-28(13-15-42)38-35-36-16-26(17-37-35)25-5-6-25/h2-4,7-9,16-17,22,25,27-28,32H,5-6,10-15,18-21H2,1H3,(H,36,37,38)(H,40,45,46). The van der Waals surface area contributed by atoms with Gasteiger partial charge in [-0.05, 0) is 79.8 Å². The summed E-state index contributed by atoms with van der Waals surface area (Å²) in [5, 5.41) is 5.87. The quantitative estimate of drug-likeness (QED) is 0.244. The molecule has 3 aliphatic heterocycles. The van der Waals surface area contributed by atoms with Crippen LogP contribution in [0.3, 0.4) is 0 Å². The van der Waals surface area contributed by atoms with Crippen molar-refractivity contribution in [3.63, 3.8) is 0 Å². The molecule has 2 aromatic heterocycles. The second-order valence-electron chi connectivity index (χ2n) is 13.3. The van der Waals surface area contributed by atoms with Crippen LogP contribution in [0.1, 0.15) is 78.4 Å². The van der Waals surface area contributed by atoms with Crippen molar-refractivity contribution >= 4 is 29.9 Å². The van der Waals surface area contributed by atoms with Gasteiger partial charge in [-0.1, -0.05) is 18.2 Å². The highest BCUT2D eigenvalue weighted by Crippen LogP contribution is 2.39. The van der Waals surface area contributed by atoms with Gasteiger partial charge in [0, 0.05) is 74.9 Å². The van der Waals surface area contributed by atoms with Crippen molar-refractivity contribution in [1.29, 1.82) is 0 Å². The molecule has 3 amide bonds. The average Bonchev–Trinajstić information content (AvgIpc) is 3.90. The lowest BCUT2D eigenvalue weighted by Crippen LogP contribution is -2.52. The van der Waals surface area contributed by atoms with E-state index in [4.69, 9.17) is 4.98 Å². The van der Waals surface area contributed by atoms with Gasteiger partial charge >= 0.3 is 0 Å². The SMILES string of the molecule is Cc1ccc(C2CN(Cc3ccc(N4CCC(Nc5ncc(C6CC6)cn5)CC4)cc3)C2)nc1CN(C=O)C1CCC(=O)NC1=O. The molecule has 4 fully saturated rings. The number of hydrogen-bond donors (Lipinski definition) is 2. The van der Waals surface area contributed by atoms with E-state index in [2.05, 4.69) is 60.7 Å². The first kappa shape index (κ1) is 30.3. The van der Waals surface area contributed by atoms with Crippen LogP contribution in [0.25, 0.3) is 0 Å². The maximum Gasteiger partial charge on any atom is 0.249 e. The van der Waals surface area contributed by atoms with Crippen LogP contribution in [0.5, 0.6) is 0 Å². The summed E-state index contributed by atoms with van der Waals surface area (Å²) in [6.07, 6.45) is 9.88. The van der Waals surface area contributed by atoms with Crippen molar-refractivity contribution in [3.05, 3.63) is 76.9 Å². The minimum Gasteiger partial charge on any atom is -0.371 e. The molecule has 0 spiro atoms. The third-order valence-corrected chi connectivity index (χ3v) is 9.93. The summed E-state index contributed by atoms with van der Waals surface area (Å²) in [6.45, 7) is 6.98. The van der Waals surface area contributed by atoms with E-state index in [-0.39, 0.29) is 18.9 Å². The number of piperidine rings is 2. The number of hydrogen-bond acceptors (Lipinski definition) is 9. The van der Waals surface area contributed by atoms with Gasteiger partial charge in [0.15, 0.2) is 0 Å². The van der Waals surface area contributed by atoms with E-state index in [9.17, 15) is 14.4 Å². The Hall–Kier alpha value is -4.38. The number of anilines is 2. The predicted molar refractivity (Wildman–Crippen MR) is 174 cm³/mol. The van der Waals surface area contributed by atoms with Crippen molar-refractivity contribution in [2.75, 3.05) is 36.4 Å². The number of pyridine rings is 1. The van der Waals surface area contributed by atoms with Gasteiger partial charge in [0.2, 0.25) is 24.2 Å². The summed E-state index contributed by atoms with van der Waals surface area (Å²) in [5.41, 5.74) is 6.62. The molecule has 1 aromatic carbocycles. The molecule has 2 N–H and O–H groups in total. The van der Waals surface area contributed by atoms with Crippen LogP contribution in [0.4, 0.5) is 11.6 Å². The number of likely N-dealkylation sites (tertiary alicyclic amines) is 1. The molecule has 11 nitrogen and oxygen atoms in total. The Morgan fingerprint density at radius 2 is 1.70 bits per heavy atom. The zero-order valence-electron chi connectivity index (χ0n) is 26.4. The third kappa shape index (κ3) is 6.89. The van der Waals surface area contributed by atoms with Gasteiger partial charge in [-0.15, -0.1) is 0 Å². The van der Waals surface area contributed by atoms with E-state index in [1.54, 1.807) is 0 Å². The van der Waals surface area contributed by atoms with Crippen molar-refractivity contribution in [3.8, 4) is 0 Å². The molecule has 0 radical (unpaired) electrons. The summed E-state index contributed by atoms with van der Waals surface area (Å²) >= 11 is 0. The Bertz CT molecular complexity index is 1560. The summed E-state index contributed by atoms with van der Waals surface area (Å²) in [4.78, 5) is 56.1. The number of carbonyl (C=O) groups is 3. The number of amides is 3. The predicted octanol–water partition coefficient (Wildman–Crippen LogP) is 3.50. The number of imide groups is 1. The Morgan fingerprint density at radius 1 is 0.957 bits per heavy atom. The maximum atomic E-state index is 12.3. The van der Waals surface area contributed by atoms with Crippen LogP contribution in [0.15, 0.2) is 48.8 Å². The van der Waals surface area contributed by atoms with Crippen LogP contribution >= 0.6 is 0 Å². The van der Waals surface area contributed by atoms with E-state index < -0.39 is 11.9 Å². The molecule has 3 saturated heterocycles. The van der Waals surface area contributed by atoms with Crippen LogP contribution in [0, 0.1) is 6.92 Å². The second kappa shape index (κ2) is 13.2. The molecule has 240 valence electrons. The fourth-order valence-corrected chi connectivity index (χ4v) is 6.83. The molecule has 7 rings (SSSR count). The first-order chi connectivity index (χ1) is 22.4. The molecule has 1 atom stereocenters. The summed E-state index contributed by atoms with van der Waals surface area (Å²) in [6, 6.07) is 12.8. The van der Waals surface area contributed by atoms with Gasteiger partial charge < -0.3 is 15.1 Å². The van der Waals surface area contributed by atoms with Gasteiger partial charge in [0.25, 0.3) is 0 Å². The van der Waals surface area contributed by atoms with Gasteiger partial charge in [-0.2, -0.15) is 0 Å². The lowest BCUT2D eigenvalue weighted by molar-refractivity contribution is -0.141. The lowest BCUT2D eigenvalue weighted by atomic mass is 9.94. The molecule has 11 heteroatoms. The number of rotatable bonds is 11. The highest BCUT2D eigenvalue weighted by atomic mass is 16.2. The third-order valence-electron chi connectivity index (χ3n) is 9.93. The van der Waals surface area contributed by atoms with Crippen LogP contribution in [-0.2, 0) is 27.5 Å². The molecule has 4 aliphatic rings. The zero-order chi connectivity index (χ0) is 31.6. The number of nitrogens with one attached hydrogen (secondary N) is 2. The first-order valence-corrected chi connectivity index (χ1v) is 16.6. The molecule has 1 saturated carbocycles. The highest BCUT2D eigenvalue weighted by molar-refractivity contribution is 6.00. The van der Waals surface area contributed by atoms with Crippen LogP contribution < -0.4 is 15.5 Å². The largest absolute Gasteiger partial charge is 0.371 e. The zero-order valence-corrected chi connectivity index (χ0v) is 26.4. The Labute approximate surface area is 269 Å². The monoisotopic (exact) mass is 622 g/mol. The number of carbonyl (C=O) groups excluding carboxylic acids is 3. The first-order valence-electron chi connectivity index (χ1n) is 16.6. The fraction of sp³-hybridized carbons (Fsp3) is 0.486. The Kier molecular flexibility index (Phi) is 8.66. The maximum absolute atomic E-state index is 12.3. The number of aromatic nitrogens is 3. The van der Waals surface area contributed by atoms with E-state index in [0.717, 1.165) is 68.5 Å². The molecular weight excluding hydrogens is 580 g/mol. The van der Waals surface area contributed by atoms with E-state index in [1.807, 2.05) is 25.4 Å². The van der Waals surface area contributed by atoms with E-state index in [1.165, 1.54) is 34.6 Å². The summed E-state index contributed by atoms with van der Waals surface area (Å²) in [7, 11) is 0. The molecule has 1 aliphatic carbocycles. The van der Waals surface area contributed by atoms with Crippen molar-refractivity contribution in [1.82, 2.24) is 30.1 Å². The normalized spacial score (nSPS) is 21.1. The molecule has 5 heterocycles. The van der Waals surface area contributed by atoms with Crippen molar-refractivity contribution in [2.45, 2.75) is 82.5 Å². The van der Waals surface area contributed by atoms with Crippen LogP contribution in [0.2, 0.25) is 0 Å². The number of aryl methyl sites for hydroxylation is 1. The molecule has 3 aromatic rings. The smallest absolute Gasteiger partial charge is 0.249 e. The summed E-state index contributed by atoms with van der Waals surface area (Å²) in [5.74, 6) is 1.04. The van der Waals surface area contributed by atoms with Crippen LogP contribution in [-0.4, -0.2) is 81.2 Å². The highest BCUT2D eigenvalue weighted by Gasteiger charge is 2.33. The molecule has 46 heavy (non-hydrogen) atoms. The Balaban J connectivity index is 0.871. The van der Waals surface area contributed by atoms with Gasteiger partial charge in [0.1, 0.15) is 6.04 Å². The van der Waals surface area contributed by atoms with Crippen molar-refractivity contribution < 1.29 is 14.4 Å². The molecular formula is C35H42N8O3. The minimum atomic E-state index is -0.649. The topological polar surface area (TPSA) is 124 Å². The Morgan fingerprint density at radius 3 is 2.37 bits per heavy atom. The number of benzene rings is 1. The van der Waals surface area contributed by atoms with E-state index >= 15 is 0 Å². The van der Waals surface area contributed by atoms with Crippen molar-refractivity contribution in [2.24, 2.45) is 0 Å². The molecule has 0 bridgehead atoms. The second-order valence-corrected chi connectivity index (χ2v) is 13.3. The van der Waals surface area contributed by atoms with E-state index in [0.29, 0.717) is 30.7 Å². The fourth-order valence-electron chi connectivity index (χ4n) is 6.83. The number of nitrogens with zero attached hydrogens (tertiary/aromatic N) is 6. The molecule has 1 unspecified atom stereocenters. The minimum absolute atomic E-state index is 0.233. The van der Waals surface area contributed by atoms with Gasteiger partial charge in [-0.25, -0.2) is 9.97 Å².